The SMILES string of the molecule is CC(C)(C)OC(=O)N1CCC2(CC1)c1c(n(CC(=O)Nc3ccc(C4CC4(F)F)cc3Cl)c3nc(Br)nn3c1=O)[C@H]1C#C[C@H]12. The molecule has 1 N–H and O–H groups in total. The molecule has 2 amide bonds. The van der Waals surface area contributed by atoms with Gasteiger partial charge >= 0.3 is 6.09 Å². The molecule has 3 aromatic rings. The minimum Gasteiger partial charge on any atom is -0.444 e. The number of likely N-dealkylation sites (tertiary alicyclic amines) is 1. The molecule has 0 bridgehead atoms. The second-order valence-corrected chi connectivity index (χ2v) is 14.0. The lowest BCUT2D eigenvalue weighted by atomic mass is 9.65. The van der Waals surface area contributed by atoms with E-state index < -0.39 is 34.9 Å². The lowest BCUT2D eigenvalue weighted by Crippen LogP contribution is -2.50. The van der Waals surface area contributed by atoms with Crippen molar-refractivity contribution in [1.82, 2.24) is 24.1 Å². The number of anilines is 1. The number of alkyl halides is 2. The lowest BCUT2D eigenvalue weighted by molar-refractivity contribution is -0.116. The quantitative estimate of drug-likeness (QED) is 0.384. The zero-order valence-electron chi connectivity index (χ0n) is 24.1. The number of hydrogen-bond acceptors (Lipinski definition) is 6. The van der Waals surface area contributed by atoms with Crippen LogP contribution in [0.4, 0.5) is 19.3 Å². The van der Waals surface area contributed by atoms with E-state index in [0.717, 1.165) is 0 Å². The number of nitrogens with zero attached hydrogens (tertiary/aromatic N) is 5. The third kappa shape index (κ3) is 4.60. The zero-order valence-corrected chi connectivity index (χ0v) is 26.4. The zero-order chi connectivity index (χ0) is 31.3. The van der Waals surface area contributed by atoms with Crippen LogP contribution in [0.1, 0.15) is 68.7 Å². The van der Waals surface area contributed by atoms with E-state index in [9.17, 15) is 23.2 Å². The number of nitrogens with one attached hydrogen (secondary N) is 1. The molecule has 4 aliphatic rings. The number of piperidine rings is 1. The average molecular weight is 690 g/mol. The van der Waals surface area contributed by atoms with Gasteiger partial charge in [-0.15, -0.1) is 5.10 Å². The van der Waals surface area contributed by atoms with Crippen molar-refractivity contribution in [2.75, 3.05) is 18.4 Å². The lowest BCUT2D eigenvalue weighted by Gasteiger charge is -2.43. The molecular weight excluding hydrogens is 662 g/mol. The first-order valence-corrected chi connectivity index (χ1v) is 15.5. The predicted octanol–water partition coefficient (Wildman–Crippen LogP) is 5.07. The molecule has 1 saturated carbocycles. The van der Waals surface area contributed by atoms with E-state index in [1.807, 2.05) is 20.8 Å². The van der Waals surface area contributed by atoms with Gasteiger partial charge in [0.1, 0.15) is 12.1 Å². The van der Waals surface area contributed by atoms with Crippen molar-refractivity contribution >= 4 is 51.0 Å². The fourth-order valence-corrected chi connectivity index (χ4v) is 7.37. The number of rotatable bonds is 4. The Balaban J connectivity index is 1.21. The molecule has 44 heavy (non-hydrogen) atoms. The minimum atomic E-state index is -2.73. The Morgan fingerprint density at radius 2 is 1.93 bits per heavy atom. The Bertz CT molecular complexity index is 1880. The van der Waals surface area contributed by atoms with Crippen molar-refractivity contribution in [1.29, 1.82) is 0 Å². The highest BCUT2D eigenvalue weighted by Gasteiger charge is 2.59. The minimum absolute atomic E-state index is 0.152. The number of hydrogen-bond donors (Lipinski definition) is 1. The second kappa shape index (κ2) is 9.75. The number of benzene rings is 1. The second-order valence-electron chi connectivity index (χ2n) is 12.9. The average Bonchev–Trinajstić information content (AvgIpc) is 3.28. The van der Waals surface area contributed by atoms with Gasteiger partial charge in [0.05, 0.1) is 22.5 Å². The summed E-state index contributed by atoms with van der Waals surface area (Å²) in [7, 11) is 0. The summed E-state index contributed by atoms with van der Waals surface area (Å²) in [4.78, 5) is 46.3. The van der Waals surface area contributed by atoms with Gasteiger partial charge < -0.3 is 19.5 Å². The van der Waals surface area contributed by atoms with E-state index in [-0.39, 0.29) is 51.6 Å². The Labute approximate surface area is 264 Å². The molecule has 1 aromatic carbocycles. The Kier molecular flexibility index (Phi) is 6.47. The molecule has 2 aromatic heterocycles. The summed E-state index contributed by atoms with van der Waals surface area (Å²) in [5, 5.41) is 7.21. The maximum absolute atomic E-state index is 14.0. The van der Waals surface area contributed by atoms with Gasteiger partial charge in [-0.05, 0) is 67.2 Å². The highest BCUT2D eigenvalue weighted by Crippen LogP contribution is 2.57. The van der Waals surface area contributed by atoms with Crippen LogP contribution in [0.2, 0.25) is 5.02 Å². The van der Waals surface area contributed by atoms with Gasteiger partial charge in [-0.3, -0.25) is 9.59 Å². The van der Waals surface area contributed by atoms with Crippen LogP contribution in [-0.4, -0.2) is 60.7 Å². The highest BCUT2D eigenvalue weighted by molar-refractivity contribution is 9.10. The number of ether oxygens (including phenoxy) is 1. The van der Waals surface area contributed by atoms with Crippen molar-refractivity contribution in [3.05, 3.63) is 55.1 Å². The van der Waals surface area contributed by atoms with E-state index in [1.165, 1.54) is 16.6 Å². The summed E-state index contributed by atoms with van der Waals surface area (Å²) >= 11 is 9.64. The van der Waals surface area contributed by atoms with Crippen LogP contribution in [0, 0.1) is 17.8 Å². The van der Waals surface area contributed by atoms with Crippen LogP contribution >= 0.6 is 27.5 Å². The summed E-state index contributed by atoms with van der Waals surface area (Å²) in [6.07, 6.45) is 0.381. The summed E-state index contributed by atoms with van der Waals surface area (Å²) < 4.78 is 35.7. The molecule has 1 saturated heterocycles. The number of fused-ring (bicyclic) bond motifs is 6. The van der Waals surface area contributed by atoms with Crippen LogP contribution in [-0.2, 0) is 21.5 Å². The topological polar surface area (TPSA) is 111 Å². The van der Waals surface area contributed by atoms with Crippen molar-refractivity contribution in [3.63, 3.8) is 0 Å². The number of carbonyl (C=O) groups excluding carboxylic acids is 2. The van der Waals surface area contributed by atoms with E-state index in [2.05, 4.69) is 43.2 Å². The van der Waals surface area contributed by atoms with Gasteiger partial charge in [-0.2, -0.15) is 9.50 Å². The van der Waals surface area contributed by atoms with Gasteiger partial charge in [-0.25, -0.2) is 13.6 Å². The molecule has 1 spiro atoms. The third-order valence-electron chi connectivity index (χ3n) is 8.98. The maximum Gasteiger partial charge on any atom is 0.410 e. The molecule has 3 atom stereocenters. The standard InChI is InChI=1S/C30H28BrClF2N6O4/c1-28(2,3)44-27(43)38-10-8-29(9-11-38)17-6-5-16(17)23-22(29)24(42)40-26(36-25(31)37-40)39(23)14-21(41)35-20-7-4-15(12-19(20)32)18-13-30(18,33)34/h4,7,12,16-18H,8-11,13-14H2,1-3H3,(H,35,41)/t16-,17+,18?/m0/s1. The van der Waals surface area contributed by atoms with Gasteiger partial charge in [-0.1, -0.05) is 29.5 Å². The van der Waals surface area contributed by atoms with Gasteiger partial charge in [0.15, 0.2) is 0 Å². The van der Waals surface area contributed by atoms with E-state index in [4.69, 9.17) is 16.3 Å². The largest absolute Gasteiger partial charge is 0.444 e. The number of halogens is 4. The maximum atomic E-state index is 14.0. The van der Waals surface area contributed by atoms with E-state index in [1.54, 1.807) is 15.5 Å². The van der Waals surface area contributed by atoms with Crippen molar-refractivity contribution < 1.29 is 23.1 Å². The number of aromatic nitrogens is 4. The van der Waals surface area contributed by atoms with Gasteiger partial charge in [0.2, 0.25) is 16.4 Å². The fraction of sp³-hybridized carbons (Fsp3) is 0.500. The molecule has 1 unspecified atom stereocenters. The Morgan fingerprint density at radius 1 is 1.23 bits per heavy atom. The van der Waals surface area contributed by atoms with Crippen LogP contribution in [0.3, 0.4) is 0 Å². The molecule has 14 heteroatoms. The summed E-state index contributed by atoms with van der Waals surface area (Å²) in [5.74, 6) is 2.16. The van der Waals surface area contributed by atoms with Crippen LogP contribution in [0.5, 0.6) is 0 Å². The summed E-state index contributed by atoms with van der Waals surface area (Å²) in [6.45, 7) is 6.00. The molecule has 230 valence electrons. The van der Waals surface area contributed by atoms with E-state index >= 15 is 0 Å². The van der Waals surface area contributed by atoms with Crippen LogP contribution in [0.15, 0.2) is 27.7 Å². The molecule has 2 fully saturated rings. The Hall–Kier alpha value is -3.50. The molecule has 3 heterocycles. The number of carbonyl (C=O) groups is 2. The molecule has 10 nitrogen and oxygen atoms in total. The smallest absolute Gasteiger partial charge is 0.410 e. The molecule has 0 radical (unpaired) electrons. The first-order chi connectivity index (χ1) is 20.7. The molecule has 3 aliphatic carbocycles. The predicted molar refractivity (Wildman–Crippen MR) is 160 cm³/mol. The summed E-state index contributed by atoms with van der Waals surface area (Å²) in [6, 6.07) is 4.51. The molecule has 1 aliphatic heterocycles. The molecular formula is C30H28BrClF2N6O4. The first kappa shape index (κ1) is 29.2. The summed E-state index contributed by atoms with van der Waals surface area (Å²) in [5.41, 5.74) is 0.273. The van der Waals surface area contributed by atoms with Crippen molar-refractivity contribution in [2.45, 2.75) is 75.4 Å². The van der Waals surface area contributed by atoms with Gasteiger partial charge in [0.25, 0.3) is 11.5 Å². The van der Waals surface area contributed by atoms with Crippen LogP contribution in [0.25, 0.3) is 5.78 Å². The van der Waals surface area contributed by atoms with Crippen molar-refractivity contribution in [2.24, 2.45) is 5.92 Å². The van der Waals surface area contributed by atoms with Gasteiger partial charge in [0, 0.05) is 42.1 Å². The monoisotopic (exact) mass is 688 g/mol. The fourth-order valence-electron chi connectivity index (χ4n) is 6.82. The third-order valence-corrected chi connectivity index (χ3v) is 9.63. The normalized spacial score (nSPS) is 23.8. The van der Waals surface area contributed by atoms with Crippen molar-refractivity contribution in [3.8, 4) is 11.8 Å². The highest BCUT2D eigenvalue weighted by atomic mass is 79.9. The van der Waals surface area contributed by atoms with Crippen LogP contribution < -0.4 is 10.9 Å². The Morgan fingerprint density at radius 3 is 2.52 bits per heavy atom. The first-order valence-electron chi connectivity index (χ1n) is 14.3. The number of amides is 2. The van der Waals surface area contributed by atoms with E-state index in [0.29, 0.717) is 42.8 Å². The molecule has 7 rings (SSSR count).